The number of amides is 1. The molecule has 0 spiro atoms. The second kappa shape index (κ2) is 5.77. The quantitative estimate of drug-likeness (QED) is 0.881. The van der Waals surface area contributed by atoms with E-state index in [1.54, 1.807) is 34.9 Å². The van der Waals surface area contributed by atoms with Gasteiger partial charge in [-0.1, -0.05) is 0 Å². The van der Waals surface area contributed by atoms with E-state index in [-0.39, 0.29) is 12.5 Å². The molecule has 102 valence electrons. The van der Waals surface area contributed by atoms with Crippen LogP contribution in [0, 0.1) is 6.92 Å². The Hall–Kier alpha value is -0.980. The van der Waals surface area contributed by atoms with Gasteiger partial charge < -0.3 is 14.7 Å². The largest absolute Gasteiger partial charge is 0.389 e. The van der Waals surface area contributed by atoms with Crippen molar-refractivity contribution in [2.45, 2.75) is 33.0 Å². The highest BCUT2D eigenvalue weighted by molar-refractivity contribution is 7.13. The predicted molar refractivity (Wildman–Crippen MR) is 70.8 cm³/mol. The van der Waals surface area contributed by atoms with E-state index in [1.165, 1.54) is 16.2 Å². The van der Waals surface area contributed by atoms with Gasteiger partial charge in [-0.2, -0.15) is 0 Å². The van der Waals surface area contributed by atoms with E-state index in [4.69, 9.17) is 4.74 Å². The van der Waals surface area contributed by atoms with E-state index in [1.807, 2.05) is 0 Å². The molecule has 0 saturated heterocycles. The molecule has 0 aromatic carbocycles. The third kappa shape index (κ3) is 4.04. The lowest BCUT2D eigenvalue weighted by Gasteiger charge is -2.25. The number of aliphatic hydroxyl groups is 1. The van der Waals surface area contributed by atoms with Gasteiger partial charge in [-0.25, -0.2) is 4.98 Å². The van der Waals surface area contributed by atoms with Gasteiger partial charge in [-0.3, -0.25) is 4.79 Å². The van der Waals surface area contributed by atoms with E-state index < -0.39 is 5.60 Å². The summed E-state index contributed by atoms with van der Waals surface area (Å²) in [4.78, 5) is 18.6. The van der Waals surface area contributed by atoms with Crippen molar-refractivity contribution in [3.8, 4) is 0 Å². The first-order valence-corrected chi connectivity index (χ1v) is 6.49. The molecule has 1 rings (SSSR count). The molecule has 0 bridgehead atoms. The molecule has 1 N–H and O–H groups in total. The zero-order valence-electron chi connectivity index (χ0n) is 11.5. The number of methoxy groups -OCH3 is 1. The van der Waals surface area contributed by atoms with Gasteiger partial charge in [-0.05, 0) is 20.8 Å². The molecule has 5 nitrogen and oxygen atoms in total. The maximum absolute atomic E-state index is 12.2. The average Bonchev–Trinajstić information content (AvgIpc) is 2.56. The van der Waals surface area contributed by atoms with E-state index in [2.05, 4.69) is 4.98 Å². The summed E-state index contributed by atoms with van der Waals surface area (Å²) >= 11 is 1.34. The van der Waals surface area contributed by atoms with Crippen molar-refractivity contribution in [3.05, 3.63) is 15.6 Å². The Labute approximate surface area is 111 Å². The van der Waals surface area contributed by atoms with Crippen molar-refractivity contribution in [1.29, 1.82) is 0 Å². The molecule has 0 unspecified atom stereocenters. The van der Waals surface area contributed by atoms with Crippen LogP contribution in [0.25, 0.3) is 0 Å². The molecular weight excluding hydrogens is 252 g/mol. The maximum atomic E-state index is 12.2. The van der Waals surface area contributed by atoms with Crippen molar-refractivity contribution in [2.24, 2.45) is 0 Å². The van der Waals surface area contributed by atoms with Gasteiger partial charge in [0.25, 0.3) is 5.91 Å². The number of aryl methyl sites for hydroxylation is 1. The van der Waals surface area contributed by atoms with Gasteiger partial charge in [-0.15, -0.1) is 11.3 Å². The highest BCUT2D eigenvalue weighted by Crippen LogP contribution is 2.21. The number of hydrogen-bond acceptors (Lipinski definition) is 5. The summed E-state index contributed by atoms with van der Waals surface area (Å²) < 4.78 is 5.00. The van der Waals surface area contributed by atoms with Crippen molar-refractivity contribution in [2.75, 3.05) is 20.7 Å². The van der Waals surface area contributed by atoms with Crippen LogP contribution in [0.15, 0.2) is 0 Å². The Kier molecular flexibility index (Phi) is 4.84. The van der Waals surface area contributed by atoms with Crippen molar-refractivity contribution in [3.63, 3.8) is 0 Å². The van der Waals surface area contributed by atoms with Crippen LogP contribution in [-0.4, -0.2) is 47.2 Å². The molecule has 1 heterocycles. The number of aromatic nitrogens is 1. The minimum absolute atomic E-state index is 0.116. The lowest BCUT2D eigenvalue weighted by Crippen LogP contribution is -2.39. The van der Waals surface area contributed by atoms with Crippen molar-refractivity contribution >= 4 is 17.2 Å². The zero-order chi connectivity index (χ0) is 13.9. The first-order valence-electron chi connectivity index (χ1n) is 5.67. The second-order valence-electron chi connectivity index (χ2n) is 4.93. The number of ether oxygens (including phenoxy) is 1. The molecular formula is C12H20N2O3S. The molecule has 0 aliphatic rings. The van der Waals surface area contributed by atoms with Crippen LogP contribution in [0.1, 0.15) is 34.2 Å². The number of carbonyl (C=O) groups is 1. The predicted octanol–water partition coefficient (Wildman–Crippen LogP) is 1.44. The summed E-state index contributed by atoms with van der Waals surface area (Å²) in [6.45, 7) is 5.84. The smallest absolute Gasteiger partial charge is 0.265 e. The summed E-state index contributed by atoms with van der Waals surface area (Å²) in [6, 6.07) is 0. The number of nitrogens with zero attached hydrogens (tertiary/aromatic N) is 2. The van der Waals surface area contributed by atoms with Crippen LogP contribution in [0.2, 0.25) is 0 Å². The second-order valence-corrected chi connectivity index (χ2v) is 6.01. The van der Waals surface area contributed by atoms with E-state index >= 15 is 0 Å². The van der Waals surface area contributed by atoms with Crippen LogP contribution < -0.4 is 0 Å². The molecule has 0 aliphatic heterocycles. The van der Waals surface area contributed by atoms with E-state index in [9.17, 15) is 9.90 Å². The molecule has 6 heteroatoms. The SMILES string of the molecule is COCc1nc(C)c(C(=O)N(C)CC(C)(C)O)s1. The average molecular weight is 272 g/mol. The minimum Gasteiger partial charge on any atom is -0.389 e. The van der Waals surface area contributed by atoms with E-state index in [0.717, 1.165) is 5.01 Å². The number of hydrogen-bond donors (Lipinski definition) is 1. The van der Waals surface area contributed by atoms with Gasteiger partial charge in [0, 0.05) is 20.7 Å². The minimum atomic E-state index is -0.904. The topological polar surface area (TPSA) is 62.7 Å². The van der Waals surface area contributed by atoms with Crippen LogP contribution in [0.5, 0.6) is 0 Å². The van der Waals surface area contributed by atoms with Crippen LogP contribution >= 0.6 is 11.3 Å². The summed E-state index contributed by atoms with van der Waals surface area (Å²) in [6.07, 6.45) is 0. The van der Waals surface area contributed by atoms with Gasteiger partial charge in [0.1, 0.15) is 9.88 Å². The van der Waals surface area contributed by atoms with Crippen molar-refractivity contribution in [1.82, 2.24) is 9.88 Å². The first-order chi connectivity index (χ1) is 8.24. The molecule has 0 fully saturated rings. The monoisotopic (exact) mass is 272 g/mol. The first kappa shape index (κ1) is 15.1. The molecule has 0 saturated carbocycles. The molecule has 1 aromatic rings. The Morgan fingerprint density at radius 1 is 1.56 bits per heavy atom. The van der Waals surface area contributed by atoms with Crippen molar-refractivity contribution < 1.29 is 14.6 Å². The van der Waals surface area contributed by atoms with Gasteiger partial charge >= 0.3 is 0 Å². The number of thiazole rings is 1. The van der Waals surface area contributed by atoms with Gasteiger partial charge in [0.2, 0.25) is 0 Å². The summed E-state index contributed by atoms with van der Waals surface area (Å²) in [7, 11) is 3.27. The molecule has 18 heavy (non-hydrogen) atoms. The fourth-order valence-corrected chi connectivity index (χ4v) is 2.69. The molecule has 0 aliphatic carbocycles. The zero-order valence-corrected chi connectivity index (χ0v) is 12.3. The number of carbonyl (C=O) groups excluding carboxylic acids is 1. The Balaban J connectivity index is 2.83. The molecule has 0 radical (unpaired) electrons. The third-order valence-corrected chi connectivity index (χ3v) is 3.39. The molecule has 1 amide bonds. The number of likely N-dealkylation sites (N-methyl/N-ethyl adjacent to an activating group) is 1. The van der Waals surface area contributed by atoms with E-state index in [0.29, 0.717) is 17.2 Å². The third-order valence-electron chi connectivity index (χ3n) is 2.27. The number of rotatable bonds is 5. The molecule has 1 aromatic heterocycles. The highest BCUT2D eigenvalue weighted by atomic mass is 32.1. The lowest BCUT2D eigenvalue weighted by atomic mass is 10.1. The summed E-state index contributed by atoms with van der Waals surface area (Å²) in [5, 5.41) is 10.5. The summed E-state index contributed by atoms with van der Waals surface area (Å²) in [5.41, 5.74) is -0.196. The van der Waals surface area contributed by atoms with Gasteiger partial charge in [0.15, 0.2) is 0 Å². The van der Waals surface area contributed by atoms with Gasteiger partial charge in [0.05, 0.1) is 17.9 Å². The van der Waals surface area contributed by atoms with Crippen LogP contribution in [0.3, 0.4) is 0 Å². The fraction of sp³-hybridized carbons (Fsp3) is 0.667. The van der Waals surface area contributed by atoms with Crippen LogP contribution in [0.4, 0.5) is 0 Å². The Morgan fingerprint density at radius 3 is 2.67 bits per heavy atom. The normalized spacial score (nSPS) is 11.7. The fourth-order valence-electron chi connectivity index (χ4n) is 1.66. The van der Waals surface area contributed by atoms with Crippen LogP contribution in [-0.2, 0) is 11.3 Å². The lowest BCUT2D eigenvalue weighted by molar-refractivity contribution is 0.0370. The summed E-state index contributed by atoms with van der Waals surface area (Å²) in [5.74, 6) is -0.116. The maximum Gasteiger partial charge on any atom is 0.265 e. The Bertz CT molecular complexity index is 423. The Morgan fingerprint density at radius 2 is 2.17 bits per heavy atom. The molecule has 0 atom stereocenters. The standard InChI is InChI=1S/C12H20N2O3S/c1-8-10(18-9(13-8)6-17-5)11(15)14(4)7-12(2,3)16/h16H,6-7H2,1-5H3. The highest BCUT2D eigenvalue weighted by Gasteiger charge is 2.23.